The van der Waals surface area contributed by atoms with Gasteiger partial charge >= 0.3 is 0 Å². The van der Waals surface area contributed by atoms with Crippen LogP contribution in [0.3, 0.4) is 0 Å². The molecule has 3 nitrogen and oxygen atoms in total. The molecule has 0 aliphatic rings. The third-order valence-electron chi connectivity index (χ3n) is 3.48. The Bertz CT molecular complexity index is 507. The van der Waals surface area contributed by atoms with Gasteiger partial charge in [0.15, 0.2) is 0 Å². The SMILES string of the molecule is CC[C@H](CO)NCc1ccc(OCc2ccccc2)cc1. The number of benzene rings is 2. The Balaban J connectivity index is 1.81. The molecule has 112 valence electrons. The molecule has 2 aromatic rings. The molecule has 2 aromatic carbocycles. The van der Waals surface area contributed by atoms with Crippen LogP contribution in [0.5, 0.6) is 5.75 Å². The van der Waals surface area contributed by atoms with Crippen molar-refractivity contribution in [1.29, 1.82) is 0 Å². The standard InChI is InChI=1S/C18H23NO2/c1-2-17(13-20)19-12-15-8-10-18(11-9-15)21-14-16-6-4-3-5-7-16/h3-11,17,19-20H,2,12-14H2,1H3/t17-/m1/s1. The van der Waals surface area contributed by atoms with Crippen LogP contribution in [0.1, 0.15) is 24.5 Å². The second-order valence-corrected chi connectivity index (χ2v) is 5.09. The summed E-state index contributed by atoms with van der Waals surface area (Å²) in [5.74, 6) is 0.872. The van der Waals surface area contributed by atoms with Crippen LogP contribution in [0.15, 0.2) is 54.6 Å². The van der Waals surface area contributed by atoms with Crippen LogP contribution in [0.4, 0.5) is 0 Å². The van der Waals surface area contributed by atoms with Gasteiger partial charge in [-0.05, 0) is 29.7 Å². The minimum atomic E-state index is 0.166. The Kier molecular flexibility index (Phi) is 6.25. The van der Waals surface area contributed by atoms with Gasteiger partial charge in [0.1, 0.15) is 12.4 Å². The van der Waals surface area contributed by atoms with Crippen LogP contribution in [0.25, 0.3) is 0 Å². The van der Waals surface area contributed by atoms with Gasteiger partial charge in [-0.2, -0.15) is 0 Å². The number of rotatable bonds is 8. The van der Waals surface area contributed by atoms with Crippen molar-refractivity contribution in [3.63, 3.8) is 0 Å². The van der Waals surface area contributed by atoms with Crippen LogP contribution >= 0.6 is 0 Å². The van der Waals surface area contributed by atoms with E-state index in [-0.39, 0.29) is 12.6 Å². The molecule has 1 atom stereocenters. The fourth-order valence-corrected chi connectivity index (χ4v) is 2.04. The predicted molar refractivity (Wildman–Crippen MR) is 85.2 cm³/mol. The lowest BCUT2D eigenvalue weighted by Crippen LogP contribution is -2.31. The Morgan fingerprint density at radius 2 is 1.71 bits per heavy atom. The molecule has 0 aromatic heterocycles. The number of nitrogens with one attached hydrogen (secondary N) is 1. The molecule has 0 aliphatic carbocycles. The zero-order chi connectivity index (χ0) is 14.9. The summed E-state index contributed by atoms with van der Waals surface area (Å²) in [7, 11) is 0. The zero-order valence-corrected chi connectivity index (χ0v) is 12.5. The summed E-state index contributed by atoms with van der Waals surface area (Å²) in [5.41, 5.74) is 2.35. The van der Waals surface area contributed by atoms with E-state index >= 15 is 0 Å². The molecule has 0 unspecified atom stereocenters. The zero-order valence-electron chi connectivity index (χ0n) is 12.5. The molecule has 21 heavy (non-hydrogen) atoms. The lowest BCUT2D eigenvalue weighted by atomic mass is 10.2. The highest BCUT2D eigenvalue weighted by molar-refractivity contribution is 5.27. The number of hydrogen-bond acceptors (Lipinski definition) is 3. The third-order valence-corrected chi connectivity index (χ3v) is 3.48. The van der Waals surface area contributed by atoms with Gasteiger partial charge in [-0.1, -0.05) is 49.4 Å². The first-order valence-electron chi connectivity index (χ1n) is 7.41. The first-order chi connectivity index (χ1) is 10.3. The molecule has 2 N–H and O–H groups in total. The first-order valence-corrected chi connectivity index (χ1v) is 7.41. The van der Waals surface area contributed by atoms with E-state index in [2.05, 4.69) is 36.5 Å². The van der Waals surface area contributed by atoms with Crippen molar-refractivity contribution < 1.29 is 9.84 Å². The lowest BCUT2D eigenvalue weighted by molar-refractivity contribution is 0.238. The van der Waals surface area contributed by atoms with E-state index < -0.39 is 0 Å². The second kappa shape index (κ2) is 8.45. The summed E-state index contributed by atoms with van der Waals surface area (Å²) in [6.45, 7) is 3.59. The Morgan fingerprint density at radius 1 is 1.00 bits per heavy atom. The van der Waals surface area contributed by atoms with Gasteiger partial charge < -0.3 is 15.2 Å². The maximum Gasteiger partial charge on any atom is 0.119 e. The third kappa shape index (κ3) is 5.21. The molecular weight excluding hydrogens is 262 g/mol. The summed E-state index contributed by atoms with van der Waals surface area (Å²) in [6.07, 6.45) is 0.925. The highest BCUT2D eigenvalue weighted by atomic mass is 16.5. The summed E-state index contributed by atoms with van der Waals surface area (Å²) in [5, 5.41) is 12.5. The molecule has 0 bridgehead atoms. The fourth-order valence-electron chi connectivity index (χ4n) is 2.04. The molecule has 3 heteroatoms. The van der Waals surface area contributed by atoms with E-state index in [4.69, 9.17) is 9.84 Å². The summed E-state index contributed by atoms with van der Waals surface area (Å²) in [4.78, 5) is 0. The highest BCUT2D eigenvalue weighted by Gasteiger charge is 2.03. The number of ether oxygens (including phenoxy) is 1. The quantitative estimate of drug-likeness (QED) is 0.783. The highest BCUT2D eigenvalue weighted by Crippen LogP contribution is 2.14. The van der Waals surface area contributed by atoms with Gasteiger partial charge in [-0.15, -0.1) is 0 Å². The van der Waals surface area contributed by atoms with E-state index in [1.54, 1.807) is 0 Å². The maximum absolute atomic E-state index is 9.14. The van der Waals surface area contributed by atoms with Crippen molar-refractivity contribution in [3.05, 3.63) is 65.7 Å². The molecule has 0 amide bonds. The smallest absolute Gasteiger partial charge is 0.119 e. The van der Waals surface area contributed by atoms with Crippen LogP contribution < -0.4 is 10.1 Å². The van der Waals surface area contributed by atoms with E-state index in [0.717, 1.165) is 24.3 Å². The number of aliphatic hydroxyl groups excluding tert-OH is 1. The van der Waals surface area contributed by atoms with Crippen LogP contribution in [-0.2, 0) is 13.2 Å². The van der Waals surface area contributed by atoms with Crippen molar-refractivity contribution in [2.45, 2.75) is 32.5 Å². The molecule has 2 rings (SSSR count). The van der Waals surface area contributed by atoms with Gasteiger partial charge in [-0.25, -0.2) is 0 Å². The van der Waals surface area contributed by atoms with Gasteiger partial charge in [0, 0.05) is 12.6 Å². The van der Waals surface area contributed by atoms with Crippen molar-refractivity contribution in [1.82, 2.24) is 5.32 Å². The van der Waals surface area contributed by atoms with Gasteiger partial charge in [0.2, 0.25) is 0 Å². The molecule has 0 saturated heterocycles. The van der Waals surface area contributed by atoms with Crippen LogP contribution in [-0.4, -0.2) is 17.8 Å². The second-order valence-electron chi connectivity index (χ2n) is 5.09. The molecule has 0 heterocycles. The van der Waals surface area contributed by atoms with Crippen LogP contribution in [0.2, 0.25) is 0 Å². The van der Waals surface area contributed by atoms with Gasteiger partial charge in [0.05, 0.1) is 6.61 Å². The van der Waals surface area contributed by atoms with E-state index in [1.807, 2.05) is 30.3 Å². The average Bonchev–Trinajstić information content (AvgIpc) is 2.56. The Hall–Kier alpha value is -1.84. The largest absolute Gasteiger partial charge is 0.489 e. The summed E-state index contributed by atoms with van der Waals surface area (Å²) >= 11 is 0. The van der Waals surface area contributed by atoms with Gasteiger partial charge in [0.25, 0.3) is 0 Å². The minimum Gasteiger partial charge on any atom is -0.489 e. The molecule has 0 fully saturated rings. The molecule has 0 radical (unpaired) electrons. The van der Waals surface area contributed by atoms with Crippen molar-refractivity contribution in [3.8, 4) is 5.75 Å². The average molecular weight is 285 g/mol. The monoisotopic (exact) mass is 285 g/mol. The van der Waals surface area contributed by atoms with Crippen molar-refractivity contribution in [2.75, 3.05) is 6.61 Å². The van der Waals surface area contributed by atoms with Crippen molar-refractivity contribution in [2.24, 2.45) is 0 Å². The number of hydrogen-bond donors (Lipinski definition) is 2. The van der Waals surface area contributed by atoms with E-state index in [0.29, 0.717) is 6.61 Å². The first kappa shape index (κ1) is 15.5. The predicted octanol–water partition coefficient (Wildman–Crippen LogP) is 3.13. The fraction of sp³-hybridized carbons (Fsp3) is 0.333. The molecule has 0 spiro atoms. The normalized spacial score (nSPS) is 12.1. The molecule has 0 aliphatic heterocycles. The maximum atomic E-state index is 9.14. The summed E-state index contributed by atoms with van der Waals surface area (Å²) < 4.78 is 5.75. The Labute approximate surface area is 126 Å². The summed E-state index contributed by atoms with van der Waals surface area (Å²) in [6, 6.07) is 18.4. The number of aliphatic hydroxyl groups is 1. The van der Waals surface area contributed by atoms with E-state index in [9.17, 15) is 0 Å². The Morgan fingerprint density at radius 3 is 2.33 bits per heavy atom. The molecular formula is C18H23NO2. The van der Waals surface area contributed by atoms with Crippen LogP contribution in [0, 0.1) is 0 Å². The van der Waals surface area contributed by atoms with E-state index in [1.165, 1.54) is 5.56 Å². The topological polar surface area (TPSA) is 41.5 Å². The van der Waals surface area contributed by atoms with Crippen molar-refractivity contribution >= 4 is 0 Å². The van der Waals surface area contributed by atoms with Gasteiger partial charge in [-0.3, -0.25) is 0 Å². The molecule has 0 saturated carbocycles. The minimum absolute atomic E-state index is 0.166. The lowest BCUT2D eigenvalue weighted by Gasteiger charge is -2.14.